The van der Waals surface area contributed by atoms with E-state index in [1.807, 2.05) is 13.0 Å². The van der Waals surface area contributed by atoms with Gasteiger partial charge in [-0.1, -0.05) is 6.92 Å². The van der Waals surface area contributed by atoms with Gasteiger partial charge in [0.25, 0.3) is 0 Å². The van der Waals surface area contributed by atoms with Crippen LogP contribution in [0.2, 0.25) is 0 Å². The van der Waals surface area contributed by atoms with Crippen LogP contribution < -0.4 is 15.5 Å². The van der Waals surface area contributed by atoms with Crippen LogP contribution >= 0.6 is 0 Å². The molecule has 2 aliphatic heterocycles. The summed E-state index contributed by atoms with van der Waals surface area (Å²) in [5.74, 6) is 0.829. The van der Waals surface area contributed by atoms with Gasteiger partial charge in [-0.2, -0.15) is 0 Å². The normalized spacial score (nSPS) is 20.8. The first kappa shape index (κ1) is 20.9. The fraction of sp³-hybridized carbons (Fsp3) is 0.682. The molecule has 6 heteroatoms. The molecule has 3 rings (SSSR count). The summed E-state index contributed by atoms with van der Waals surface area (Å²) in [5.41, 5.74) is 3.15. The number of unbranched alkanes of at least 4 members (excludes halogenated alkanes) is 1. The van der Waals surface area contributed by atoms with Crippen LogP contribution in [0, 0.1) is 12.8 Å². The lowest BCUT2D eigenvalue weighted by molar-refractivity contribution is 0.122. The Bertz CT molecular complexity index is 631. The highest BCUT2D eigenvalue weighted by atomic mass is 16.5. The van der Waals surface area contributed by atoms with Crippen molar-refractivity contribution in [1.29, 1.82) is 0 Å². The number of anilines is 2. The van der Waals surface area contributed by atoms with Crippen molar-refractivity contribution in [2.45, 2.75) is 39.5 Å². The van der Waals surface area contributed by atoms with Crippen molar-refractivity contribution in [2.75, 3.05) is 62.7 Å². The van der Waals surface area contributed by atoms with E-state index in [-0.39, 0.29) is 6.03 Å². The Kier molecular flexibility index (Phi) is 7.98. The molecular formula is C22H36N4O2. The van der Waals surface area contributed by atoms with Crippen LogP contribution in [0.5, 0.6) is 0 Å². The van der Waals surface area contributed by atoms with Gasteiger partial charge < -0.3 is 25.2 Å². The minimum absolute atomic E-state index is 0.117. The molecule has 2 amide bonds. The smallest absolute Gasteiger partial charge is 0.319 e. The molecule has 0 aliphatic carbocycles. The third kappa shape index (κ3) is 6.38. The number of rotatable bonds is 7. The number of morpholine rings is 1. The molecule has 2 fully saturated rings. The molecule has 0 aromatic heterocycles. The number of hydrogen-bond donors (Lipinski definition) is 2. The number of benzene rings is 1. The Morgan fingerprint density at radius 1 is 1.21 bits per heavy atom. The minimum atomic E-state index is -0.117. The molecule has 6 nitrogen and oxygen atoms in total. The summed E-state index contributed by atoms with van der Waals surface area (Å²) in [4.78, 5) is 17.1. The van der Waals surface area contributed by atoms with E-state index in [9.17, 15) is 4.79 Å². The summed E-state index contributed by atoms with van der Waals surface area (Å²) in [5, 5.41) is 5.97. The summed E-state index contributed by atoms with van der Waals surface area (Å²) in [6, 6.07) is 6.10. The average Bonchev–Trinajstić information content (AvgIpc) is 2.70. The molecule has 2 heterocycles. The second-order valence-corrected chi connectivity index (χ2v) is 8.23. The number of nitrogens with one attached hydrogen (secondary N) is 2. The van der Waals surface area contributed by atoms with Crippen LogP contribution in [0.4, 0.5) is 16.2 Å². The second-order valence-electron chi connectivity index (χ2n) is 8.23. The molecular weight excluding hydrogens is 352 g/mol. The number of ether oxygens (including phenoxy) is 1. The number of amides is 2. The fourth-order valence-electron chi connectivity index (χ4n) is 4.12. The first-order chi connectivity index (χ1) is 13.6. The van der Waals surface area contributed by atoms with Gasteiger partial charge in [-0.05, 0) is 75.4 Å². The van der Waals surface area contributed by atoms with Gasteiger partial charge in [0.1, 0.15) is 0 Å². The van der Waals surface area contributed by atoms with Gasteiger partial charge in [-0.3, -0.25) is 0 Å². The summed E-state index contributed by atoms with van der Waals surface area (Å²) in [6.07, 6.45) is 4.85. The van der Waals surface area contributed by atoms with Gasteiger partial charge in [0.05, 0.1) is 13.2 Å². The summed E-state index contributed by atoms with van der Waals surface area (Å²) >= 11 is 0. The number of carbonyl (C=O) groups is 1. The Labute approximate surface area is 169 Å². The van der Waals surface area contributed by atoms with Gasteiger partial charge in [0.2, 0.25) is 0 Å². The van der Waals surface area contributed by atoms with Crippen LogP contribution in [-0.2, 0) is 4.74 Å². The van der Waals surface area contributed by atoms with Crippen molar-refractivity contribution in [3.63, 3.8) is 0 Å². The molecule has 156 valence electrons. The number of nitrogens with zero attached hydrogens (tertiary/aromatic N) is 2. The third-order valence-corrected chi connectivity index (χ3v) is 5.76. The van der Waals surface area contributed by atoms with E-state index in [2.05, 4.69) is 39.5 Å². The monoisotopic (exact) mass is 388 g/mol. The predicted octanol–water partition coefficient (Wildman–Crippen LogP) is 3.47. The maximum absolute atomic E-state index is 12.2. The maximum atomic E-state index is 12.2. The minimum Gasteiger partial charge on any atom is -0.378 e. The molecule has 1 aromatic carbocycles. The SMILES string of the molecule is Cc1cc(N2CCOCC2)ccc1NC(=O)NCCCCN1CCC[C@@H](C)C1. The molecule has 2 N–H and O–H groups in total. The molecule has 1 aromatic rings. The van der Waals surface area contributed by atoms with Crippen molar-refractivity contribution < 1.29 is 9.53 Å². The molecule has 2 saturated heterocycles. The molecule has 2 aliphatic rings. The van der Waals surface area contributed by atoms with Crippen LogP contribution in [0.3, 0.4) is 0 Å². The molecule has 0 saturated carbocycles. The van der Waals surface area contributed by atoms with Crippen LogP contribution in [-0.4, -0.2) is 63.4 Å². The summed E-state index contributed by atoms with van der Waals surface area (Å²) < 4.78 is 5.41. The van der Waals surface area contributed by atoms with E-state index in [0.29, 0.717) is 0 Å². The van der Waals surface area contributed by atoms with E-state index in [0.717, 1.165) is 69.4 Å². The van der Waals surface area contributed by atoms with Crippen molar-refractivity contribution >= 4 is 17.4 Å². The van der Waals surface area contributed by atoms with Crippen LogP contribution in [0.25, 0.3) is 0 Å². The third-order valence-electron chi connectivity index (χ3n) is 5.76. The van der Waals surface area contributed by atoms with E-state index >= 15 is 0 Å². The molecule has 0 unspecified atom stereocenters. The summed E-state index contributed by atoms with van der Waals surface area (Å²) in [7, 11) is 0. The lowest BCUT2D eigenvalue weighted by atomic mass is 10.0. The quantitative estimate of drug-likeness (QED) is 0.703. The Hall–Kier alpha value is -1.79. The van der Waals surface area contributed by atoms with Crippen LogP contribution in [0.15, 0.2) is 18.2 Å². The van der Waals surface area contributed by atoms with Gasteiger partial charge >= 0.3 is 6.03 Å². The highest BCUT2D eigenvalue weighted by Gasteiger charge is 2.15. The number of urea groups is 1. The molecule has 1 atom stereocenters. The maximum Gasteiger partial charge on any atom is 0.319 e. The number of piperidine rings is 1. The van der Waals surface area contributed by atoms with Crippen molar-refractivity contribution in [1.82, 2.24) is 10.2 Å². The average molecular weight is 389 g/mol. The van der Waals surface area contributed by atoms with Gasteiger partial charge in [-0.15, -0.1) is 0 Å². The van der Waals surface area contributed by atoms with Crippen LogP contribution in [0.1, 0.15) is 38.2 Å². The first-order valence-electron chi connectivity index (χ1n) is 10.8. The molecule has 0 spiro atoms. The number of hydrogen-bond acceptors (Lipinski definition) is 4. The van der Waals surface area contributed by atoms with Gasteiger partial charge in [0, 0.05) is 37.6 Å². The van der Waals surface area contributed by atoms with E-state index in [4.69, 9.17) is 4.74 Å². The number of likely N-dealkylation sites (tertiary alicyclic amines) is 1. The topological polar surface area (TPSA) is 56.8 Å². The predicted molar refractivity (Wildman–Crippen MR) is 115 cm³/mol. The molecule has 0 radical (unpaired) electrons. The Morgan fingerprint density at radius 2 is 2.04 bits per heavy atom. The van der Waals surface area contributed by atoms with Crippen molar-refractivity contribution in [3.05, 3.63) is 23.8 Å². The zero-order valence-corrected chi connectivity index (χ0v) is 17.5. The lowest BCUT2D eigenvalue weighted by Crippen LogP contribution is -2.36. The molecule has 0 bridgehead atoms. The number of carbonyl (C=O) groups excluding carboxylic acids is 1. The Balaban J connectivity index is 1.35. The Morgan fingerprint density at radius 3 is 2.79 bits per heavy atom. The van der Waals surface area contributed by atoms with E-state index < -0.39 is 0 Å². The zero-order chi connectivity index (χ0) is 19.8. The zero-order valence-electron chi connectivity index (χ0n) is 17.5. The fourth-order valence-corrected chi connectivity index (χ4v) is 4.12. The first-order valence-corrected chi connectivity index (χ1v) is 10.8. The highest BCUT2D eigenvalue weighted by Crippen LogP contribution is 2.23. The van der Waals surface area contributed by atoms with E-state index in [1.54, 1.807) is 0 Å². The van der Waals surface area contributed by atoms with Gasteiger partial charge in [0.15, 0.2) is 0 Å². The van der Waals surface area contributed by atoms with E-state index in [1.165, 1.54) is 31.6 Å². The van der Waals surface area contributed by atoms with Gasteiger partial charge in [-0.25, -0.2) is 4.79 Å². The molecule has 28 heavy (non-hydrogen) atoms. The second kappa shape index (κ2) is 10.7. The van der Waals surface area contributed by atoms with Crippen molar-refractivity contribution in [3.8, 4) is 0 Å². The number of aryl methyl sites for hydroxylation is 1. The largest absolute Gasteiger partial charge is 0.378 e. The standard InChI is InChI=1S/C22H36N4O2/c1-18-6-5-11-25(17-18)10-4-3-9-23-22(27)24-21-8-7-20(16-19(21)2)26-12-14-28-15-13-26/h7-8,16,18H,3-6,9-15,17H2,1-2H3,(H2,23,24,27)/t18-/m1/s1. The lowest BCUT2D eigenvalue weighted by Gasteiger charge is -2.30. The van der Waals surface area contributed by atoms with Crippen molar-refractivity contribution in [2.24, 2.45) is 5.92 Å². The summed E-state index contributed by atoms with van der Waals surface area (Å²) in [6.45, 7) is 12.1. The highest BCUT2D eigenvalue weighted by molar-refractivity contribution is 5.90.